The Labute approximate surface area is 354 Å². The van der Waals surface area contributed by atoms with Crippen molar-refractivity contribution in [1.82, 2.24) is 15.5 Å². The van der Waals surface area contributed by atoms with Gasteiger partial charge in [-0.05, 0) is 92.8 Å². The summed E-state index contributed by atoms with van der Waals surface area (Å²) in [6, 6.07) is 26.4. The van der Waals surface area contributed by atoms with E-state index in [4.69, 9.17) is 13.9 Å². The van der Waals surface area contributed by atoms with Gasteiger partial charge in [0.25, 0.3) is 0 Å². The van der Waals surface area contributed by atoms with E-state index in [0.717, 1.165) is 22.4 Å². The van der Waals surface area contributed by atoms with Crippen molar-refractivity contribution in [1.29, 1.82) is 0 Å². The molecule has 0 saturated carbocycles. The van der Waals surface area contributed by atoms with E-state index in [1.54, 1.807) is 4.90 Å². The summed E-state index contributed by atoms with van der Waals surface area (Å²) >= 11 is 0. The number of nitrogens with zero attached hydrogens (tertiary/aromatic N) is 1. The molecule has 1 heterocycles. The van der Waals surface area contributed by atoms with Gasteiger partial charge >= 0.3 is 6.09 Å². The largest absolute Gasteiger partial charge is 0.489 e. The maximum absolute atomic E-state index is 15.0. The van der Waals surface area contributed by atoms with Crippen LogP contribution in [0.4, 0.5) is 4.79 Å². The average molecular weight is 828 g/mol. The van der Waals surface area contributed by atoms with Crippen LogP contribution in [-0.2, 0) is 36.6 Å². The first-order valence-electron chi connectivity index (χ1n) is 21.4. The van der Waals surface area contributed by atoms with E-state index in [1.165, 1.54) is 0 Å². The van der Waals surface area contributed by atoms with E-state index in [0.29, 0.717) is 51.8 Å². The van der Waals surface area contributed by atoms with Crippen LogP contribution in [0.1, 0.15) is 104 Å². The number of amides is 3. The van der Waals surface area contributed by atoms with Crippen LogP contribution in [0.3, 0.4) is 0 Å². The molecule has 3 aromatic rings. The van der Waals surface area contributed by atoms with Crippen LogP contribution in [0.15, 0.2) is 84.9 Å². The third-order valence-corrected chi connectivity index (χ3v) is 11.9. The van der Waals surface area contributed by atoms with Crippen LogP contribution in [0.25, 0.3) is 0 Å². The SMILES string of the molecule is CC[C@H](C)[C@H](NC(=O)[C@H](Cc1ccc(OCc2ccccc2)cc1)C[C@H]([C@@H](NC(=O)OC(C)(C)C)C(O[SiH](C)C)c1ccccc1)C(C)(C)C)C(=O)N1CCC(=O)CC1. The Morgan fingerprint density at radius 3 is 1.95 bits per heavy atom. The van der Waals surface area contributed by atoms with Gasteiger partial charge in [-0.15, -0.1) is 0 Å². The minimum Gasteiger partial charge on any atom is -0.489 e. The van der Waals surface area contributed by atoms with Crippen LogP contribution < -0.4 is 15.4 Å². The van der Waals surface area contributed by atoms with E-state index in [9.17, 15) is 19.2 Å². The van der Waals surface area contributed by atoms with Crippen molar-refractivity contribution in [2.45, 2.75) is 131 Å². The van der Waals surface area contributed by atoms with Crippen molar-refractivity contribution in [2.75, 3.05) is 13.1 Å². The number of nitrogens with one attached hydrogen (secondary N) is 2. The molecule has 1 saturated heterocycles. The molecule has 0 bridgehead atoms. The van der Waals surface area contributed by atoms with Gasteiger partial charge in [0.2, 0.25) is 11.8 Å². The number of rotatable bonds is 18. The van der Waals surface area contributed by atoms with Gasteiger partial charge in [-0.25, -0.2) is 4.79 Å². The predicted molar refractivity (Wildman–Crippen MR) is 236 cm³/mol. The number of carbonyl (C=O) groups is 4. The molecule has 4 rings (SSSR count). The normalized spacial score (nSPS) is 16.7. The first-order chi connectivity index (χ1) is 27.8. The summed E-state index contributed by atoms with van der Waals surface area (Å²) in [6.45, 7) is 21.3. The molecular weight excluding hydrogens is 759 g/mol. The Morgan fingerprint density at radius 1 is 0.814 bits per heavy atom. The molecule has 1 aliphatic rings. The lowest BCUT2D eigenvalue weighted by Gasteiger charge is -2.43. The van der Waals surface area contributed by atoms with E-state index < -0.39 is 50.3 Å². The second-order valence-corrected chi connectivity index (χ2v) is 20.8. The van der Waals surface area contributed by atoms with Gasteiger partial charge in [0.1, 0.15) is 29.8 Å². The number of Topliss-reactive ketones (excluding diaryl/α,β-unsaturated/α-hetero) is 1. The topological polar surface area (TPSA) is 123 Å². The lowest BCUT2D eigenvalue weighted by atomic mass is 9.69. The lowest BCUT2D eigenvalue weighted by molar-refractivity contribution is -0.141. The fourth-order valence-corrected chi connectivity index (χ4v) is 8.55. The summed E-state index contributed by atoms with van der Waals surface area (Å²) in [5, 5.41) is 6.49. The molecule has 10 nitrogen and oxygen atoms in total. The molecule has 6 atom stereocenters. The molecular formula is C48H69N3O7Si. The van der Waals surface area contributed by atoms with Gasteiger partial charge in [-0.3, -0.25) is 14.4 Å². The quantitative estimate of drug-likeness (QED) is 0.123. The molecule has 1 fully saturated rings. The van der Waals surface area contributed by atoms with Crippen molar-refractivity contribution in [3.05, 3.63) is 102 Å². The summed E-state index contributed by atoms with van der Waals surface area (Å²) in [7, 11) is -1.69. The minimum atomic E-state index is -1.69. The summed E-state index contributed by atoms with van der Waals surface area (Å²) in [4.78, 5) is 56.6. The molecule has 1 unspecified atom stereocenters. The molecule has 11 heteroatoms. The minimum absolute atomic E-state index is 0.141. The summed E-state index contributed by atoms with van der Waals surface area (Å²) < 4.78 is 18.8. The maximum atomic E-state index is 15.0. The van der Waals surface area contributed by atoms with Gasteiger partial charge in [0.05, 0.1) is 12.1 Å². The Hall–Kier alpha value is -4.48. The smallest absolute Gasteiger partial charge is 0.407 e. The van der Waals surface area contributed by atoms with Gasteiger partial charge in [-0.1, -0.05) is 114 Å². The first-order valence-corrected chi connectivity index (χ1v) is 24.2. The highest BCUT2D eigenvalue weighted by atomic mass is 28.3. The van der Waals surface area contributed by atoms with Crippen molar-refractivity contribution in [3.63, 3.8) is 0 Å². The summed E-state index contributed by atoms with van der Waals surface area (Å²) in [6.07, 6.45) is 1.01. The van der Waals surface area contributed by atoms with Gasteiger partial charge < -0.3 is 29.4 Å². The van der Waals surface area contributed by atoms with Crippen molar-refractivity contribution < 1.29 is 33.1 Å². The lowest BCUT2D eigenvalue weighted by Crippen LogP contribution is -2.55. The first kappa shape index (κ1) is 47.2. The molecule has 3 amide bonds. The number of benzene rings is 3. The summed E-state index contributed by atoms with van der Waals surface area (Å²) in [5.41, 5.74) is 1.76. The molecule has 2 N–H and O–H groups in total. The van der Waals surface area contributed by atoms with E-state index in [1.807, 2.05) is 120 Å². The molecule has 59 heavy (non-hydrogen) atoms. The number of alkyl carbamates (subject to hydrolysis) is 1. The summed E-state index contributed by atoms with van der Waals surface area (Å²) in [5.74, 6) is -0.572. The molecule has 0 spiro atoms. The van der Waals surface area contributed by atoms with Crippen LogP contribution in [0.2, 0.25) is 13.1 Å². The third kappa shape index (κ3) is 14.9. The number of hydrogen-bond donors (Lipinski definition) is 2. The third-order valence-electron chi connectivity index (χ3n) is 11.1. The molecule has 1 aliphatic heterocycles. The second kappa shape index (κ2) is 21.7. The Kier molecular flexibility index (Phi) is 17.3. The van der Waals surface area contributed by atoms with Gasteiger partial charge in [-0.2, -0.15) is 0 Å². The zero-order valence-corrected chi connectivity index (χ0v) is 38.2. The van der Waals surface area contributed by atoms with Crippen LogP contribution in [0.5, 0.6) is 5.75 Å². The number of ether oxygens (including phenoxy) is 2. The van der Waals surface area contributed by atoms with Crippen LogP contribution >= 0.6 is 0 Å². The van der Waals surface area contributed by atoms with Crippen molar-refractivity contribution >= 4 is 32.7 Å². The number of ketones is 1. The number of likely N-dealkylation sites (tertiary alicyclic amines) is 1. The predicted octanol–water partition coefficient (Wildman–Crippen LogP) is 8.83. The molecule has 0 aliphatic carbocycles. The Bertz CT molecular complexity index is 1780. The van der Waals surface area contributed by atoms with Crippen molar-refractivity contribution in [3.8, 4) is 5.75 Å². The standard InChI is InChI=1S/C48H69N3O7Si/c1-11-33(2)41(45(54)51-28-26-38(52)27-29-51)49-44(53)37(30-34-22-24-39(25-23-34)56-32-35-18-14-12-15-19-35)31-40(47(3,4)5)42(50-46(55)57-48(6,7)8)43(58-59(9)10)36-20-16-13-17-21-36/h12-25,33,37,40-43,59H,11,26-32H2,1-10H3,(H,49,53)(H,50,55)/t33-,37+,40+,41-,42+,43?/m0/s1. The van der Waals surface area contributed by atoms with Gasteiger partial charge in [0.15, 0.2) is 9.04 Å². The maximum Gasteiger partial charge on any atom is 0.407 e. The Balaban J connectivity index is 1.76. The second-order valence-electron chi connectivity index (χ2n) is 18.5. The average Bonchev–Trinajstić information content (AvgIpc) is 3.18. The van der Waals surface area contributed by atoms with Crippen LogP contribution in [0, 0.1) is 23.2 Å². The fourth-order valence-electron chi connectivity index (χ4n) is 7.64. The molecule has 322 valence electrons. The molecule has 3 aromatic carbocycles. The zero-order valence-electron chi connectivity index (χ0n) is 37.1. The van der Waals surface area contributed by atoms with E-state index in [-0.39, 0.29) is 29.4 Å². The number of carbonyl (C=O) groups excluding carboxylic acids is 4. The Morgan fingerprint density at radius 2 is 1.41 bits per heavy atom. The van der Waals surface area contributed by atoms with E-state index >= 15 is 0 Å². The number of piperidine rings is 1. The molecule has 0 aromatic heterocycles. The highest BCUT2D eigenvalue weighted by Crippen LogP contribution is 2.41. The van der Waals surface area contributed by atoms with Gasteiger partial charge in [0, 0.05) is 31.8 Å². The van der Waals surface area contributed by atoms with Crippen molar-refractivity contribution in [2.24, 2.45) is 23.2 Å². The fraction of sp³-hybridized carbons (Fsp3) is 0.542. The number of hydrogen-bond acceptors (Lipinski definition) is 7. The van der Waals surface area contributed by atoms with E-state index in [2.05, 4.69) is 44.5 Å². The molecule has 0 radical (unpaired) electrons. The highest BCUT2D eigenvalue weighted by Gasteiger charge is 2.43. The zero-order chi connectivity index (χ0) is 43.3. The monoisotopic (exact) mass is 827 g/mol. The van der Waals surface area contributed by atoms with Crippen LogP contribution in [-0.4, -0.2) is 68.4 Å². The highest BCUT2D eigenvalue weighted by molar-refractivity contribution is 6.48.